The molecule has 0 aromatic carbocycles. The van der Waals surface area contributed by atoms with Gasteiger partial charge in [0, 0.05) is 25.1 Å². The van der Waals surface area contributed by atoms with Crippen molar-refractivity contribution in [2.75, 3.05) is 26.8 Å². The number of hydrogen-bond donors (Lipinski definition) is 0. The van der Waals surface area contributed by atoms with Gasteiger partial charge in [-0.3, -0.25) is 23.2 Å². The molecule has 0 saturated carbocycles. The number of hydrogen-bond acceptors (Lipinski definition) is 14. The summed E-state index contributed by atoms with van der Waals surface area (Å²) in [5, 5.41) is 17.1. The van der Waals surface area contributed by atoms with Crippen LogP contribution in [0.25, 0.3) is 0 Å². The molecule has 0 N–H and O–H groups in total. The lowest BCUT2D eigenvalue weighted by Gasteiger charge is -2.37. The first kappa shape index (κ1) is 39.2. The zero-order valence-electron chi connectivity index (χ0n) is 28.0. The van der Waals surface area contributed by atoms with Gasteiger partial charge in [-0.05, 0) is 69.2 Å². The molecule has 2 heterocycles. The Labute approximate surface area is 267 Å². The molecule has 1 fully saturated rings. The van der Waals surface area contributed by atoms with E-state index in [0.29, 0.717) is 13.0 Å². The number of aromatic nitrogens is 3. The van der Waals surface area contributed by atoms with Crippen LogP contribution in [0, 0.1) is 22.2 Å². The van der Waals surface area contributed by atoms with Crippen molar-refractivity contribution in [2.24, 2.45) is 10.8 Å². The predicted molar refractivity (Wildman–Crippen MR) is 165 cm³/mol. The van der Waals surface area contributed by atoms with E-state index in [2.05, 4.69) is 48.7 Å². The van der Waals surface area contributed by atoms with Crippen molar-refractivity contribution in [3.05, 3.63) is 6.20 Å². The van der Waals surface area contributed by atoms with Crippen molar-refractivity contribution in [3.63, 3.8) is 0 Å². The first-order valence-electron chi connectivity index (χ1n) is 14.9. The summed E-state index contributed by atoms with van der Waals surface area (Å²) in [5.74, 6) is -1.15. The number of ether oxygens (including phenoxy) is 3. The van der Waals surface area contributed by atoms with Gasteiger partial charge in [-0.2, -0.15) is 5.26 Å². The van der Waals surface area contributed by atoms with Crippen LogP contribution in [0.4, 0.5) is 0 Å². The van der Waals surface area contributed by atoms with E-state index in [1.54, 1.807) is 41.5 Å². The standard InChI is InChI=1S/C28H49N5O10P2/c1-20(2)33(21(3)4)44(40-14-11-13-29)43-22-12-15-37-23(22)16-32-17-24(30-31-32)45(36,41-18-38-25(34)27(5,6)7)42-19-39-26(35)28(8,9)10/h17,20-23H,11-12,14-16,18-19H2,1-10H3/t22?,23-,44?/m1/s1. The Balaban J connectivity index is 2.20. The van der Waals surface area contributed by atoms with Gasteiger partial charge in [0.15, 0.2) is 5.44 Å². The lowest BCUT2D eigenvalue weighted by Crippen LogP contribution is -2.36. The minimum Gasteiger partial charge on any atom is -0.438 e. The maximum Gasteiger partial charge on any atom is 0.388 e. The number of carbonyl (C=O) groups excluding carboxylic acids is 2. The molecule has 1 aliphatic heterocycles. The number of nitrogens with zero attached hydrogens (tertiary/aromatic N) is 5. The maximum absolute atomic E-state index is 13.8. The molecule has 45 heavy (non-hydrogen) atoms. The summed E-state index contributed by atoms with van der Waals surface area (Å²) >= 11 is 0. The smallest absolute Gasteiger partial charge is 0.388 e. The van der Waals surface area contributed by atoms with Crippen LogP contribution in [-0.2, 0) is 53.0 Å². The molecule has 1 aromatic rings. The fourth-order valence-corrected chi connectivity index (χ4v) is 6.84. The molecule has 3 atom stereocenters. The highest BCUT2D eigenvalue weighted by molar-refractivity contribution is 7.61. The molecular formula is C28H49N5O10P2. The molecular weight excluding hydrogens is 628 g/mol. The molecule has 15 nitrogen and oxygen atoms in total. The SMILES string of the molecule is CC(C)N(C(C)C)P(OCCC#N)OC1CCO[C@@H]1Cn1cc(P(=O)(OCOC(=O)C(C)(C)C)OCOC(=O)C(C)(C)C)nn1. The van der Waals surface area contributed by atoms with Crippen LogP contribution in [-0.4, -0.2) is 82.7 Å². The van der Waals surface area contributed by atoms with Crippen molar-refractivity contribution in [3.8, 4) is 6.07 Å². The van der Waals surface area contributed by atoms with Crippen LogP contribution >= 0.6 is 16.1 Å². The first-order chi connectivity index (χ1) is 20.9. The second kappa shape index (κ2) is 17.2. The third-order valence-electron chi connectivity index (χ3n) is 6.26. The van der Waals surface area contributed by atoms with Gasteiger partial charge < -0.3 is 23.3 Å². The normalized spacial score (nSPS) is 18.4. The van der Waals surface area contributed by atoms with Crippen LogP contribution in [0.3, 0.4) is 0 Å². The quantitative estimate of drug-likeness (QED) is 0.0963. The van der Waals surface area contributed by atoms with E-state index in [-0.39, 0.29) is 43.2 Å². The summed E-state index contributed by atoms with van der Waals surface area (Å²) in [7, 11) is -5.76. The van der Waals surface area contributed by atoms with Gasteiger partial charge in [-0.15, -0.1) is 5.10 Å². The second-order valence-corrected chi connectivity index (χ2v) is 16.4. The number of nitriles is 1. The summed E-state index contributed by atoms with van der Waals surface area (Å²) in [6.07, 6.45) is 1.44. The molecule has 0 amide bonds. The molecule has 2 rings (SSSR count). The molecule has 1 saturated heterocycles. The van der Waals surface area contributed by atoms with E-state index in [9.17, 15) is 14.2 Å². The molecule has 1 aromatic heterocycles. The van der Waals surface area contributed by atoms with Crippen LogP contribution in [0.5, 0.6) is 0 Å². The lowest BCUT2D eigenvalue weighted by atomic mass is 9.98. The summed E-state index contributed by atoms with van der Waals surface area (Å²) < 4.78 is 56.9. The summed E-state index contributed by atoms with van der Waals surface area (Å²) in [5.41, 5.74) is -1.81. The van der Waals surface area contributed by atoms with Gasteiger partial charge in [-0.25, -0.2) is 9.35 Å². The van der Waals surface area contributed by atoms with Crippen molar-refractivity contribution in [1.29, 1.82) is 5.26 Å². The highest BCUT2D eigenvalue weighted by atomic mass is 31.2. The first-order valence-corrected chi connectivity index (χ1v) is 17.6. The van der Waals surface area contributed by atoms with Crippen LogP contribution in [0.1, 0.15) is 82.1 Å². The third kappa shape index (κ3) is 12.3. The van der Waals surface area contributed by atoms with E-state index < -0.39 is 58.6 Å². The Bertz CT molecular complexity index is 1150. The maximum atomic E-state index is 13.8. The van der Waals surface area contributed by atoms with Gasteiger partial charge in [0.25, 0.3) is 8.53 Å². The molecule has 1 aliphatic rings. The molecule has 256 valence electrons. The van der Waals surface area contributed by atoms with Gasteiger partial charge in [0.05, 0.1) is 48.8 Å². The average Bonchev–Trinajstić information content (AvgIpc) is 3.57. The van der Waals surface area contributed by atoms with Gasteiger partial charge >= 0.3 is 19.5 Å². The van der Waals surface area contributed by atoms with E-state index in [1.807, 2.05) is 0 Å². The Morgan fingerprint density at radius 2 is 1.64 bits per heavy atom. The van der Waals surface area contributed by atoms with E-state index >= 15 is 0 Å². The van der Waals surface area contributed by atoms with Crippen molar-refractivity contribution in [2.45, 2.75) is 113 Å². The summed E-state index contributed by atoms with van der Waals surface area (Å²) in [6.45, 7) is 17.7. The fraction of sp³-hybridized carbons (Fsp3) is 0.821. The van der Waals surface area contributed by atoms with Crippen LogP contribution < -0.4 is 5.44 Å². The Kier molecular flexibility index (Phi) is 15.0. The highest BCUT2D eigenvalue weighted by Gasteiger charge is 2.38. The summed E-state index contributed by atoms with van der Waals surface area (Å²) in [6, 6.07) is 2.37. The van der Waals surface area contributed by atoms with E-state index in [0.717, 1.165) is 0 Å². The topological polar surface area (TPSA) is 174 Å². The number of rotatable bonds is 17. The molecule has 0 spiro atoms. The van der Waals surface area contributed by atoms with Crippen molar-refractivity contribution >= 4 is 33.5 Å². The predicted octanol–water partition coefficient (Wildman–Crippen LogP) is 4.67. The monoisotopic (exact) mass is 677 g/mol. The highest BCUT2D eigenvalue weighted by Crippen LogP contribution is 2.49. The third-order valence-corrected chi connectivity index (χ3v) is 10.1. The van der Waals surface area contributed by atoms with E-state index in [1.165, 1.54) is 10.9 Å². The minimum atomic E-state index is -4.27. The Hall–Kier alpha value is -2.01. The van der Waals surface area contributed by atoms with Crippen LogP contribution in [0.15, 0.2) is 6.20 Å². The Morgan fingerprint density at radius 3 is 2.13 bits per heavy atom. The molecule has 2 unspecified atom stereocenters. The van der Waals surface area contributed by atoms with Gasteiger partial charge in [-0.1, -0.05) is 5.21 Å². The molecule has 0 radical (unpaired) electrons. The van der Waals surface area contributed by atoms with Crippen molar-refractivity contribution < 1.29 is 46.5 Å². The van der Waals surface area contributed by atoms with Gasteiger partial charge in [0.1, 0.15) is 6.10 Å². The number of esters is 2. The van der Waals surface area contributed by atoms with Crippen molar-refractivity contribution in [1.82, 2.24) is 19.7 Å². The zero-order valence-corrected chi connectivity index (χ0v) is 29.8. The zero-order chi connectivity index (χ0) is 34.0. The average molecular weight is 678 g/mol. The van der Waals surface area contributed by atoms with Gasteiger partial charge in [0.2, 0.25) is 13.6 Å². The minimum absolute atomic E-state index is 0.135. The largest absolute Gasteiger partial charge is 0.438 e. The molecule has 0 aliphatic carbocycles. The van der Waals surface area contributed by atoms with E-state index in [4.69, 9.17) is 37.6 Å². The number of carbonyl (C=O) groups is 2. The van der Waals surface area contributed by atoms with Crippen LogP contribution in [0.2, 0.25) is 0 Å². The Morgan fingerprint density at radius 1 is 1.09 bits per heavy atom. The lowest BCUT2D eigenvalue weighted by molar-refractivity contribution is -0.161. The fourth-order valence-electron chi connectivity index (χ4n) is 3.92. The summed E-state index contributed by atoms with van der Waals surface area (Å²) in [4.78, 5) is 24.4. The second-order valence-electron chi connectivity index (χ2n) is 13.0. The molecule has 0 bridgehead atoms. The molecule has 17 heteroatoms.